The second kappa shape index (κ2) is 11.7. The predicted molar refractivity (Wildman–Crippen MR) is 161 cm³/mol. The Morgan fingerprint density at radius 2 is 1.93 bits per heavy atom. The van der Waals surface area contributed by atoms with Crippen LogP contribution in [-0.4, -0.2) is 68.6 Å². The largest absolute Gasteiger partial charge is 0.488 e. The molecule has 0 spiro atoms. The summed E-state index contributed by atoms with van der Waals surface area (Å²) < 4.78 is 6.26. The number of hydrogen-bond donors (Lipinski definition) is 3. The number of nitrogens with one attached hydrogen (secondary N) is 2. The Kier molecular flexibility index (Phi) is 8.72. The molecule has 1 aromatic carbocycles. The van der Waals surface area contributed by atoms with E-state index in [4.69, 9.17) is 11.3 Å². The molecule has 1 saturated heterocycles. The molecule has 0 bridgehead atoms. The molecule has 4 rings (SSSR count). The first-order valence-electron chi connectivity index (χ1n) is 14.2. The number of likely N-dealkylation sites (tertiary alicyclic amines) is 1. The smallest absolute Gasteiger partial charge is 0.309 e. The molecule has 3 atom stereocenters. The first-order valence-corrected chi connectivity index (χ1v) is 15.1. The lowest BCUT2D eigenvalue weighted by molar-refractivity contribution is -0.144. The van der Waals surface area contributed by atoms with E-state index in [-0.39, 0.29) is 19.5 Å². The number of benzene rings is 1. The maximum atomic E-state index is 13.8. The number of carbonyl (C=O) groups is 3. The quantitative estimate of drug-likeness (QED) is 0.398. The molecule has 1 saturated carbocycles. The SMILES string of the molecule is [C-]#[N+]C1(C(=O)N[C@H](C(=O)N2C[C@H](O)C[C@H]2C(=O)NCc2ccc(-c3scnc3C)cc2OC(C)(C)C)C(C)(C)C)CC1. The lowest BCUT2D eigenvalue weighted by atomic mass is 9.85. The number of carbonyl (C=O) groups excluding carboxylic acids is 3. The minimum absolute atomic E-state index is 0.0192. The van der Waals surface area contributed by atoms with Crippen LogP contribution in [0.2, 0.25) is 0 Å². The van der Waals surface area contributed by atoms with Gasteiger partial charge in [0.15, 0.2) is 0 Å². The number of aliphatic hydroxyl groups excluding tert-OH is 1. The molecule has 1 aromatic heterocycles. The van der Waals surface area contributed by atoms with Crippen LogP contribution in [0, 0.1) is 18.9 Å². The third kappa shape index (κ3) is 6.93. The molecule has 2 aliphatic rings. The summed E-state index contributed by atoms with van der Waals surface area (Å²) >= 11 is 1.55. The van der Waals surface area contributed by atoms with E-state index in [9.17, 15) is 19.5 Å². The number of thiazole rings is 1. The third-order valence-corrected chi connectivity index (χ3v) is 8.54. The summed E-state index contributed by atoms with van der Waals surface area (Å²) in [5, 5.41) is 16.2. The molecule has 11 heteroatoms. The van der Waals surface area contributed by atoms with Gasteiger partial charge in [0.1, 0.15) is 23.4 Å². The zero-order chi connectivity index (χ0) is 31.0. The van der Waals surface area contributed by atoms with Crippen LogP contribution in [0.1, 0.15) is 72.1 Å². The van der Waals surface area contributed by atoms with Crippen molar-refractivity contribution >= 4 is 29.1 Å². The van der Waals surface area contributed by atoms with E-state index >= 15 is 0 Å². The predicted octanol–water partition coefficient (Wildman–Crippen LogP) is 3.86. The number of aromatic nitrogens is 1. The minimum atomic E-state index is -1.10. The number of β-amino-alcohol motifs (C(OH)–C–C–N with tert-alkyl or cyclic N) is 1. The molecule has 1 aliphatic heterocycles. The maximum Gasteiger partial charge on any atom is 0.309 e. The van der Waals surface area contributed by atoms with Gasteiger partial charge in [0.2, 0.25) is 11.8 Å². The summed E-state index contributed by atoms with van der Waals surface area (Å²) in [5.41, 5.74) is 2.21. The lowest BCUT2D eigenvalue weighted by Gasteiger charge is -2.35. The summed E-state index contributed by atoms with van der Waals surface area (Å²) in [7, 11) is 0. The Morgan fingerprint density at radius 1 is 1.24 bits per heavy atom. The van der Waals surface area contributed by atoms with E-state index < -0.39 is 52.5 Å². The van der Waals surface area contributed by atoms with Gasteiger partial charge in [0.05, 0.1) is 22.2 Å². The highest BCUT2D eigenvalue weighted by molar-refractivity contribution is 7.13. The molecule has 0 radical (unpaired) electrons. The van der Waals surface area contributed by atoms with Crippen molar-refractivity contribution in [2.75, 3.05) is 6.54 Å². The fraction of sp³-hybridized carbons (Fsp3) is 0.581. The van der Waals surface area contributed by atoms with Crippen LogP contribution < -0.4 is 15.4 Å². The molecule has 2 fully saturated rings. The second-order valence-corrected chi connectivity index (χ2v) is 14.2. The summed E-state index contributed by atoms with van der Waals surface area (Å²) in [4.78, 5) is 50.4. The van der Waals surface area contributed by atoms with E-state index in [2.05, 4.69) is 20.5 Å². The molecular formula is C31H41N5O5S. The molecule has 42 heavy (non-hydrogen) atoms. The average molecular weight is 596 g/mol. The molecule has 3 N–H and O–H groups in total. The molecule has 10 nitrogen and oxygen atoms in total. The van der Waals surface area contributed by atoms with Crippen molar-refractivity contribution < 1.29 is 24.2 Å². The van der Waals surface area contributed by atoms with E-state index in [1.165, 1.54) is 4.90 Å². The second-order valence-electron chi connectivity index (χ2n) is 13.3. The van der Waals surface area contributed by atoms with Crippen LogP contribution in [-0.2, 0) is 20.9 Å². The molecule has 1 aliphatic carbocycles. The number of hydrogen-bond acceptors (Lipinski definition) is 7. The Morgan fingerprint density at radius 3 is 2.48 bits per heavy atom. The highest BCUT2D eigenvalue weighted by atomic mass is 32.1. The normalized spacial score (nSPS) is 20.4. The van der Waals surface area contributed by atoms with Crippen LogP contribution in [0.4, 0.5) is 0 Å². The zero-order valence-corrected chi connectivity index (χ0v) is 26.2. The fourth-order valence-corrected chi connectivity index (χ4v) is 5.84. The molecule has 2 aromatic rings. The highest BCUT2D eigenvalue weighted by Gasteiger charge is 2.59. The van der Waals surface area contributed by atoms with Gasteiger partial charge in [-0.1, -0.05) is 32.9 Å². The van der Waals surface area contributed by atoms with Crippen molar-refractivity contribution in [3.63, 3.8) is 0 Å². The maximum absolute atomic E-state index is 13.8. The third-order valence-electron chi connectivity index (χ3n) is 7.56. The van der Waals surface area contributed by atoms with Crippen molar-refractivity contribution in [1.82, 2.24) is 20.5 Å². The van der Waals surface area contributed by atoms with Gasteiger partial charge < -0.3 is 25.4 Å². The lowest BCUT2D eigenvalue weighted by Crippen LogP contribution is -2.59. The monoisotopic (exact) mass is 595 g/mol. The zero-order valence-electron chi connectivity index (χ0n) is 25.4. The standard InChI is InChI=1S/C31H41N5O5S/c1-18-24(42-17-34-18)19-9-10-20(23(13-19)41-30(5,6)7)15-33-26(38)22-14-21(37)16-36(22)27(39)25(29(2,3)4)35-28(40)31(32-8)11-12-31/h9-10,13,17,21-22,25,37H,11-12,14-16H2,1-7H3,(H,33,38)(H,35,40)/t21-,22+,25-/m1/s1. The van der Waals surface area contributed by atoms with Crippen molar-refractivity contribution in [3.8, 4) is 16.2 Å². The fourth-order valence-electron chi connectivity index (χ4n) is 5.04. The van der Waals surface area contributed by atoms with Crippen molar-refractivity contribution in [2.24, 2.45) is 5.41 Å². The van der Waals surface area contributed by atoms with Crippen molar-refractivity contribution in [3.05, 3.63) is 46.4 Å². The van der Waals surface area contributed by atoms with Gasteiger partial charge >= 0.3 is 11.4 Å². The number of amides is 3. The summed E-state index contributed by atoms with van der Waals surface area (Å²) in [6, 6.07) is 3.97. The van der Waals surface area contributed by atoms with Crippen LogP contribution in [0.5, 0.6) is 5.75 Å². The molecule has 3 amide bonds. The number of nitrogens with zero attached hydrogens (tertiary/aromatic N) is 3. The van der Waals surface area contributed by atoms with Gasteiger partial charge in [-0.3, -0.25) is 19.2 Å². The first-order chi connectivity index (χ1) is 19.5. The van der Waals surface area contributed by atoms with Gasteiger partial charge in [0.25, 0.3) is 0 Å². The summed E-state index contributed by atoms with van der Waals surface area (Å²) in [6.07, 6.45) is 0.142. The van der Waals surface area contributed by atoms with Gasteiger partial charge in [-0.25, -0.2) is 11.6 Å². The first kappa shape index (κ1) is 31.4. The van der Waals surface area contributed by atoms with Crippen LogP contribution in [0.15, 0.2) is 23.7 Å². The number of rotatable bonds is 8. The van der Waals surface area contributed by atoms with E-state index in [1.54, 1.807) is 16.8 Å². The molecule has 2 heterocycles. The van der Waals surface area contributed by atoms with Crippen LogP contribution in [0.3, 0.4) is 0 Å². The van der Waals surface area contributed by atoms with Crippen LogP contribution in [0.25, 0.3) is 15.3 Å². The summed E-state index contributed by atoms with van der Waals surface area (Å²) in [5.74, 6) is -0.677. The van der Waals surface area contributed by atoms with Gasteiger partial charge in [0, 0.05) is 37.9 Å². The topological polar surface area (TPSA) is 125 Å². The molecule has 0 unspecified atom stereocenters. The van der Waals surface area contributed by atoms with E-state index in [1.807, 2.05) is 66.7 Å². The molecular weight excluding hydrogens is 554 g/mol. The van der Waals surface area contributed by atoms with Crippen molar-refractivity contribution in [2.45, 2.75) is 104 Å². The number of aliphatic hydroxyl groups is 1. The Hall–Kier alpha value is -3.49. The van der Waals surface area contributed by atoms with Crippen molar-refractivity contribution in [1.29, 1.82) is 0 Å². The number of ether oxygens (including phenoxy) is 1. The van der Waals surface area contributed by atoms with Gasteiger partial charge in [-0.15, -0.1) is 11.3 Å². The highest BCUT2D eigenvalue weighted by Crippen LogP contribution is 2.40. The van der Waals surface area contributed by atoms with Gasteiger partial charge in [-0.2, -0.15) is 0 Å². The van der Waals surface area contributed by atoms with E-state index in [0.717, 1.165) is 21.7 Å². The van der Waals surface area contributed by atoms with Gasteiger partial charge in [-0.05, 0) is 44.7 Å². The van der Waals surface area contributed by atoms with Crippen LogP contribution >= 0.6 is 11.3 Å². The Labute approximate surface area is 251 Å². The molecule has 226 valence electrons. The minimum Gasteiger partial charge on any atom is -0.488 e. The summed E-state index contributed by atoms with van der Waals surface area (Å²) in [6.45, 7) is 20.8. The average Bonchev–Trinajstić information content (AvgIpc) is 3.43. The van der Waals surface area contributed by atoms with E-state index in [0.29, 0.717) is 18.6 Å². The Balaban J connectivity index is 1.52. The number of aryl methyl sites for hydroxylation is 1. The Bertz CT molecular complexity index is 1400.